The molecule has 2 N–H and O–H groups in total. The lowest BCUT2D eigenvalue weighted by Crippen LogP contribution is -2.30. The van der Waals surface area contributed by atoms with Crippen LogP contribution in [0.4, 0.5) is 0 Å². The fourth-order valence-corrected chi connectivity index (χ4v) is 1.95. The number of aromatic nitrogens is 1. The van der Waals surface area contributed by atoms with Gasteiger partial charge in [-0.3, -0.25) is 4.98 Å². The Balaban J connectivity index is 1.82. The van der Waals surface area contributed by atoms with Gasteiger partial charge in [-0.15, -0.1) is 0 Å². The van der Waals surface area contributed by atoms with Crippen molar-refractivity contribution in [3.63, 3.8) is 0 Å². The summed E-state index contributed by atoms with van der Waals surface area (Å²) in [7, 11) is 0. The SMILES string of the molecule is NC(COc1ccc(Cl)cc1)Cc1ccc(Br)cn1. The maximum atomic E-state index is 6.02. The molecule has 19 heavy (non-hydrogen) atoms. The summed E-state index contributed by atoms with van der Waals surface area (Å²) in [6.45, 7) is 0.444. The summed E-state index contributed by atoms with van der Waals surface area (Å²) in [5.41, 5.74) is 6.97. The number of nitrogens with zero attached hydrogens (tertiary/aromatic N) is 1. The molecule has 1 unspecified atom stereocenters. The van der Waals surface area contributed by atoms with E-state index >= 15 is 0 Å². The van der Waals surface area contributed by atoms with E-state index in [0.29, 0.717) is 18.1 Å². The van der Waals surface area contributed by atoms with E-state index in [2.05, 4.69) is 20.9 Å². The van der Waals surface area contributed by atoms with Crippen LogP contribution in [0, 0.1) is 0 Å². The lowest BCUT2D eigenvalue weighted by atomic mass is 10.1. The Kier molecular flexibility index (Phi) is 5.19. The van der Waals surface area contributed by atoms with Crippen molar-refractivity contribution in [3.8, 4) is 5.75 Å². The van der Waals surface area contributed by atoms with Crippen molar-refractivity contribution >= 4 is 27.5 Å². The first-order valence-corrected chi connectivity index (χ1v) is 7.05. The molecular formula is C14H14BrClN2O. The second-order valence-electron chi connectivity index (χ2n) is 4.20. The maximum absolute atomic E-state index is 6.02. The van der Waals surface area contributed by atoms with E-state index in [1.165, 1.54) is 0 Å². The van der Waals surface area contributed by atoms with Crippen molar-refractivity contribution in [2.75, 3.05) is 6.61 Å². The molecular weight excluding hydrogens is 328 g/mol. The van der Waals surface area contributed by atoms with Crippen LogP contribution < -0.4 is 10.5 Å². The molecule has 0 saturated heterocycles. The highest BCUT2D eigenvalue weighted by atomic mass is 79.9. The molecule has 0 spiro atoms. The van der Waals surface area contributed by atoms with Crippen molar-refractivity contribution < 1.29 is 4.74 Å². The van der Waals surface area contributed by atoms with E-state index in [9.17, 15) is 0 Å². The topological polar surface area (TPSA) is 48.1 Å². The molecule has 0 aliphatic carbocycles. The quantitative estimate of drug-likeness (QED) is 0.906. The van der Waals surface area contributed by atoms with Gasteiger partial charge in [-0.1, -0.05) is 11.6 Å². The molecule has 0 fully saturated rings. The van der Waals surface area contributed by atoms with Crippen LogP contribution in [-0.2, 0) is 6.42 Å². The summed E-state index contributed by atoms with van der Waals surface area (Å²) in [5, 5.41) is 0.690. The number of hydrogen-bond acceptors (Lipinski definition) is 3. The average Bonchev–Trinajstić information content (AvgIpc) is 2.41. The zero-order valence-corrected chi connectivity index (χ0v) is 12.6. The Morgan fingerprint density at radius 1 is 1.21 bits per heavy atom. The molecule has 1 heterocycles. The Morgan fingerprint density at radius 2 is 1.95 bits per heavy atom. The summed E-state index contributed by atoms with van der Waals surface area (Å²) in [5.74, 6) is 0.767. The van der Waals surface area contributed by atoms with E-state index in [4.69, 9.17) is 22.1 Å². The minimum Gasteiger partial charge on any atom is -0.492 e. The molecule has 0 aliphatic heterocycles. The third-order valence-corrected chi connectivity index (χ3v) is 3.26. The summed E-state index contributed by atoms with van der Waals surface area (Å²) in [6.07, 6.45) is 2.45. The molecule has 0 aliphatic rings. The van der Waals surface area contributed by atoms with Crippen molar-refractivity contribution in [2.24, 2.45) is 5.73 Å². The molecule has 0 saturated carbocycles. The number of nitrogens with two attached hydrogens (primary N) is 1. The molecule has 3 nitrogen and oxygen atoms in total. The molecule has 0 radical (unpaired) electrons. The van der Waals surface area contributed by atoms with Crippen LogP contribution in [0.2, 0.25) is 5.02 Å². The van der Waals surface area contributed by atoms with Crippen molar-refractivity contribution in [1.29, 1.82) is 0 Å². The second-order valence-corrected chi connectivity index (χ2v) is 5.55. The lowest BCUT2D eigenvalue weighted by Gasteiger charge is -2.13. The molecule has 0 amide bonds. The van der Waals surface area contributed by atoms with Crippen molar-refractivity contribution in [3.05, 3.63) is 57.8 Å². The smallest absolute Gasteiger partial charge is 0.119 e. The third-order valence-electron chi connectivity index (χ3n) is 2.54. The normalized spacial score (nSPS) is 12.2. The van der Waals surface area contributed by atoms with E-state index in [0.717, 1.165) is 15.9 Å². The van der Waals surface area contributed by atoms with Gasteiger partial charge in [0.15, 0.2) is 0 Å². The summed E-state index contributed by atoms with van der Waals surface area (Å²) in [4.78, 5) is 4.28. The van der Waals surface area contributed by atoms with Gasteiger partial charge in [-0.2, -0.15) is 0 Å². The van der Waals surface area contributed by atoms with Gasteiger partial charge in [0.05, 0.1) is 0 Å². The molecule has 1 aromatic heterocycles. The second kappa shape index (κ2) is 6.89. The first-order valence-electron chi connectivity index (χ1n) is 5.88. The standard InChI is InChI=1S/C14H14BrClN2O/c15-10-1-4-13(18-8-10)7-12(17)9-19-14-5-2-11(16)3-6-14/h1-6,8,12H,7,9,17H2. The predicted molar refractivity (Wildman–Crippen MR) is 80.6 cm³/mol. The highest BCUT2D eigenvalue weighted by Gasteiger charge is 2.06. The fourth-order valence-electron chi connectivity index (χ4n) is 1.59. The van der Waals surface area contributed by atoms with Gasteiger partial charge in [0.1, 0.15) is 12.4 Å². The Hall–Kier alpha value is -1.10. The van der Waals surface area contributed by atoms with Gasteiger partial charge >= 0.3 is 0 Å². The Labute approximate surface area is 125 Å². The van der Waals surface area contributed by atoms with Gasteiger partial charge in [-0.25, -0.2) is 0 Å². The zero-order chi connectivity index (χ0) is 13.7. The molecule has 1 aromatic carbocycles. The van der Waals surface area contributed by atoms with Gasteiger partial charge in [0.2, 0.25) is 0 Å². The van der Waals surface area contributed by atoms with Gasteiger partial charge in [0.25, 0.3) is 0 Å². The number of benzene rings is 1. The monoisotopic (exact) mass is 340 g/mol. The molecule has 2 aromatic rings. The maximum Gasteiger partial charge on any atom is 0.119 e. The number of ether oxygens (including phenoxy) is 1. The van der Waals surface area contributed by atoms with Gasteiger partial charge in [-0.05, 0) is 52.3 Å². The Bertz CT molecular complexity index is 516. The van der Waals surface area contributed by atoms with E-state index < -0.39 is 0 Å². The summed E-state index contributed by atoms with van der Waals surface area (Å²) < 4.78 is 6.56. The number of hydrogen-bond donors (Lipinski definition) is 1. The lowest BCUT2D eigenvalue weighted by molar-refractivity contribution is 0.287. The van der Waals surface area contributed by atoms with E-state index in [1.807, 2.05) is 24.3 Å². The Morgan fingerprint density at radius 3 is 2.58 bits per heavy atom. The minimum atomic E-state index is -0.0932. The zero-order valence-electron chi connectivity index (χ0n) is 10.2. The van der Waals surface area contributed by atoms with Crippen LogP contribution >= 0.6 is 27.5 Å². The summed E-state index contributed by atoms with van der Waals surface area (Å²) in [6, 6.07) is 11.0. The number of halogens is 2. The molecule has 0 bridgehead atoms. The first kappa shape index (κ1) is 14.3. The van der Waals surface area contributed by atoms with E-state index in [1.54, 1.807) is 18.3 Å². The number of pyridine rings is 1. The van der Waals surface area contributed by atoms with Crippen molar-refractivity contribution in [2.45, 2.75) is 12.5 Å². The third kappa shape index (κ3) is 4.82. The largest absolute Gasteiger partial charge is 0.492 e. The van der Waals surface area contributed by atoms with Gasteiger partial charge < -0.3 is 10.5 Å². The van der Waals surface area contributed by atoms with E-state index in [-0.39, 0.29) is 6.04 Å². The molecule has 1 atom stereocenters. The van der Waals surface area contributed by atoms with Crippen LogP contribution in [0.3, 0.4) is 0 Å². The van der Waals surface area contributed by atoms with Crippen LogP contribution in [0.15, 0.2) is 47.1 Å². The van der Waals surface area contributed by atoms with Crippen LogP contribution in [-0.4, -0.2) is 17.6 Å². The number of rotatable bonds is 5. The highest BCUT2D eigenvalue weighted by molar-refractivity contribution is 9.10. The van der Waals surface area contributed by atoms with Crippen molar-refractivity contribution in [1.82, 2.24) is 4.98 Å². The molecule has 5 heteroatoms. The van der Waals surface area contributed by atoms with Crippen LogP contribution in [0.5, 0.6) is 5.75 Å². The average molecular weight is 342 g/mol. The highest BCUT2D eigenvalue weighted by Crippen LogP contribution is 2.15. The summed E-state index contributed by atoms with van der Waals surface area (Å²) >= 11 is 9.15. The van der Waals surface area contributed by atoms with Gasteiger partial charge in [0, 0.05) is 33.8 Å². The predicted octanol–water partition coefficient (Wildman–Crippen LogP) is 3.45. The van der Waals surface area contributed by atoms with Crippen LogP contribution in [0.1, 0.15) is 5.69 Å². The van der Waals surface area contributed by atoms with Crippen LogP contribution in [0.25, 0.3) is 0 Å². The fraction of sp³-hybridized carbons (Fsp3) is 0.214. The molecule has 100 valence electrons. The molecule has 2 rings (SSSR count). The first-order chi connectivity index (χ1) is 9.13. The minimum absolute atomic E-state index is 0.0932.